The van der Waals surface area contributed by atoms with E-state index in [1.54, 1.807) is 20.2 Å². The average molecular weight is 197 g/mol. The number of ether oxygens (including phenoxy) is 1. The van der Waals surface area contributed by atoms with Crippen LogP contribution in [0.1, 0.15) is 17.5 Å². The number of hydrogen-bond acceptors (Lipinski definition) is 5. The zero-order valence-electron chi connectivity index (χ0n) is 8.61. The summed E-state index contributed by atoms with van der Waals surface area (Å²) >= 11 is 0. The van der Waals surface area contributed by atoms with Crippen molar-refractivity contribution >= 4 is 0 Å². The highest BCUT2D eigenvalue weighted by atomic mass is 16.5. The molecule has 14 heavy (non-hydrogen) atoms. The number of rotatable bonds is 4. The molecule has 1 aromatic rings. The van der Waals surface area contributed by atoms with E-state index in [4.69, 9.17) is 4.74 Å². The molecule has 1 atom stereocenters. The molecular weight excluding hydrogens is 182 g/mol. The van der Waals surface area contributed by atoms with Crippen molar-refractivity contribution in [1.82, 2.24) is 15.3 Å². The Morgan fingerprint density at radius 2 is 2.36 bits per heavy atom. The Labute approximate surface area is 83.2 Å². The Hall–Kier alpha value is -1.20. The fourth-order valence-corrected chi connectivity index (χ4v) is 1.15. The third kappa shape index (κ3) is 2.40. The minimum atomic E-state index is -0.643. The maximum Gasteiger partial charge on any atom is 0.222 e. The Bertz CT molecular complexity index is 304. The Balaban J connectivity index is 2.95. The Morgan fingerprint density at radius 3 is 2.93 bits per heavy atom. The molecule has 1 rings (SSSR count). The molecule has 0 fully saturated rings. The van der Waals surface area contributed by atoms with Crippen LogP contribution in [0.3, 0.4) is 0 Å². The maximum atomic E-state index is 9.70. The number of nitrogens with one attached hydrogen (secondary N) is 1. The van der Waals surface area contributed by atoms with Crippen molar-refractivity contribution in [3.05, 3.63) is 17.6 Å². The van der Waals surface area contributed by atoms with Crippen LogP contribution in [0.15, 0.2) is 6.20 Å². The van der Waals surface area contributed by atoms with Crippen LogP contribution in [-0.2, 0) is 0 Å². The number of methoxy groups -OCH3 is 1. The summed E-state index contributed by atoms with van der Waals surface area (Å²) in [5.74, 6) is 1.06. The largest absolute Gasteiger partial charge is 0.481 e. The molecule has 0 bridgehead atoms. The number of likely N-dealkylation sites (N-methyl/N-ethyl adjacent to an activating group) is 1. The maximum absolute atomic E-state index is 9.70. The van der Waals surface area contributed by atoms with Crippen LogP contribution in [0.4, 0.5) is 0 Å². The van der Waals surface area contributed by atoms with Crippen molar-refractivity contribution in [1.29, 1.82) is 0 Å². The van der Waals surface area contributed by atoms with E-state index in [0.717, 1.165) is 0 Å². The molecule has 0 aromatic carbocycles. The molecule has 1 heterocycles. The standard InChI is InChI=1S/C9H15N3O2/c1-6-11-4-7(8(13)5-10-2)9(12-6)14-3/h4,8,10,13H,5H2,1-3H3. The summed E-state index contributed by atoms with van der Waals surface area (Å²) in [7, 11) is 3.29. The van der Waals surface area contributed by atoms with Crippen LogP contribution in [0.2, 0.25) is 0 Å². The van der Waals surface area contributed by atoms with Crippen molar-refractivity contribution < 1.29 is 9.84 Å². The highest BCUT2D eigenvalue weighted by Gasteiger charge is 2.14. The molecule has 0 aliphatic heterocycles. The van der Waals surface area contributed by atoms with Gasteiger partial charge < -0.3 is 15.2 Å². The quantitative estimate of drug-likeness (QED) is 0.713. The minimum absolute atomic E-state index is 0.431. The number of aliphatic hydroxyl groups is 1. The lowest BCUT2D eigenvalue weighted by atomic mass is 10.2. The van der Waals surface area contributed by atoms with Gasteiger partial charge in [-0.3, -0.25) is 0 Å². The van der Waals surface area contributed by atoms with Gasteiger partial charge in [0, 0.05) is 12.7 Å². The number of nitrogens with zero attached hydrogens (tertiary/aromatic N) is 2. The van der Waals surface area contributed by atoms with E-state index in [1.807, 2.05) is 0 Å². The lowest BCUT2D eigenvalue weighted by Crippen LogP contribution is -2.18. The molecule has 2 N–H and O–H groups in total. The van der Waals surface area contributed by atoms with Crippen molar-refractivity contribution in [3.63, 3.8) is 0 Å². The second-order valence-electron chi connectivity index (χ2n) is 2.96. The lowest BCUT2D eigenvalue weighted by Gasteiger charge is -2.12. The summed E-state index contributed by atoms with van der Waals surface area (Å²) in [4.78, 5) is 8.09. The average Bonchev–Trinajstić information content (AvgIpc) is 2.17. The first-order valence-electron chi connectivity index (χ1n) is 4.39. The van der Waals surface area contributed by atoms with E-state index in [1.165, 1.54) is 7.11 Å². The van der Waals surface area contributed by atoms with Gasteiger partial charge in [-0.25, -0.2) is 4.98 Å². The second kappa shape index (κ2) is 4.88. The van der Waals surface area contributed by atoms with Crippen molar-refractivity contribution in [3.8, 4) is 5.88 Å². The van der Waals surface area contributed by atoms with Crippen molar-refractivity contribution in [2.24, 2.45) is 0 Å². The number of aromatic nitrogens is 2. The summed E-state index contributed by atoms with van der Waals surface area (Å²) in [5, 5.41) is 12.6. The normalized spacial score (nSPS) is 12.6. The van der Waals surface area contributed by atoms with Gasteiger partial charge in [-0.15, -0.1) is 0 Å². The van der Waals surface area contributed by atoms with Gasteiger partial charge in [0.25, 0.3) is 0 Å². The third-order valence-corrected chi connectivity index (χ3v) is 1.85. The van der Waals surface area contributed by atoms with Crippen molar-refractivity contribution in [2.75, 3.05) is 20.7 Å². The molecule has 5 heteroatoms. The molecule has 0 aliphatic rings. The molecule has 0 aliphatic carbocycles. The molecule has 0 radical (unpaired) electrons. The van der Waals surface area contributed by atoms with Gasteiger partial charge in [-0.2, -0.15) is 4.98 Å². The van der Waals surface area contributed by atoms with Crippen LogP contribution in [0.5, 0.6) is 5.88 Å². The second-order valence-corrected chi connectivity index (χ2v) is 2.96. The molecule has 0 amide bonds. The van der Waals surface area contributed by atoms with Crippen LogP contribution >= 0.6 is 0 Å². The SMILES string of the molecule is CNCC(O)c1cnc(C)nc1OC. The van der Waals surface area contributed by atoms with Gasteiger partial charge in [0.2, 0.25) is 5.88 Å². The van der Waals surface area contributed by atoms with Crippen LogP contribution in [0.25, 0.3) is 0 Å². The first-order valence-corrected chi connectivity index (χ1v) is 4.39. The van der Waals surface area contributed by atoms with Gasteiger partial charge in [0.1, 0.15) is 5.82 Å². The zero-order valence-corrected chi connectivity index (χ0v) is 8.61. The van der Waals surface area contributed by atoms with Gasteiger partial charge in [0.15, 0.2) is 0 Å². The molecule has 0 saturated carbocycles. The summed E-state index contributed by atoms with van der Waals surface area (Å²) in [6, 6.07) is 0. The molecular formula is C9H15N3O2. The highest BCUT2D eigenvalue weighted by molar-refractivity contribution is 5.26. The highest BCUT2D eigenvalue weighted by Crippen LogP contribution is 2.21. The zero-order chi connectivity index (χ0) is 10.6. The van der Waals surface area contributed by atoms with Gasteiger partial charge >= 0.3 is 0 Å². The van der Waals surface area contributed by atoms with E-state index in [9.17, 15) is 5.11 Å². The summed E-state index contributed by atoms with van der Waals surface area (Å²) in [6.07, 6.45) is 0.943. The number of aliphatic hydroxyl groups excluding tert-OH is 1. The van der Waals surface area contributed by atoms with Gasteiger partial charge in [-0.05, 0) is 14.0 Å². The lowest BCUT2D eigenvalue weighted by molar-refractivity contribution is 0.171. The number of aryl methyl sites for hydroxylation is 1. The van der Waals surface area contributed by atoms with E-state index >= 15 is 0 Å². The predicted octanol–water partition coefficient (Wildman–Crippen LogP) is 0.0464. The Morgan fingerprint density at radius 1 is 1.64 bits per heavy atom. The summed E-state index contributed by atoms with van der Waals surface area (Å²) in [6.45, 7) is 2.22. The molecule has 0 spiro atoms. The number of hydrogen-bond donors (Lipinski definition) is 2. The first-order chi connectivity index (χ1) is 6.69. The molecule has 78 valence electrons. The van der Waals surface area contributed by atoms with E-state index in [2.05, 4.69) is 15.3 Å². The Kier molecular flexibility index (Phi) is 3.79. The summed E-state index contributed by atoms with van der Waals surface area (Å²) in [5.41, 5.74) is 0.604. The molecule has 5 nitrogen and oxygen atoms in total. The van der Waals surface area contributed by atoms with Crippen molar-refractivity contribution in [2.45, 2.75) is 13.0 Å². The third-order valence-electron chi connectivity index (χ3n) is 1.85. The monoisotopic (exact) mass is 197 g/mol. The first kappa shape index (κ1) is 10.9. The van der Waals surface area contributed by atoms with Crippen LogP contribution in [0, 0.1) is 6.92 Å². The predicted molar refractivity (Wildman–Crippen MR) is 52.2 cm³/mol. The smallest absolute Gasteiger partial charge is 0.222 e. The molecule has 0 saturated heterocycles. The fourth-order valence-electron chi connectivity index (χ4n) is 1.15. The fraction of sp³-hybridized carbons (Fsp3) is 0.556. The van der Waals surface area contributed by atoms with Crippen LogP contribution in [-0.4, -0.2) is 35.8 Å². The molecule has 1 aromatic heterocycles. The van der Waals surface area contributed by atoms with E-state index in [0.29, 0.717) is 23.8 Å². The minimum Gasteiger partial charge on any atom is -0.481 e. The molecule has 1 unspecified atom stereocenters. The topological polar surface area (TPSA) is 67.3 Å². The summed E-state index contributed by atoms with van der Waals surface area (Å²) < 4.78 is 5.05. The van der Waals surface area contributed by atoms with E-state index < -0.39 is 6.10 Å². The van der Waals surface area contributed by atoms with E-state index in [-0.39, 0.29) is 0 Å². The van der Waals surface area contributed by atoms with Crippen LogP contribution < -0.4 is 10.1 Å². The van der Waals surface area contributed by atoms with Gasteiger partial charge in [-0.1, -0.05) is 0 Å². The van der Waals surface area contributed by atoms with Gasteiger partial charge in [0.05, 0.1) is 18.8 Å².